The number of aliphatic carboxylic acids is 1. The fourth-order valence-corrected chi connectivity index (χ4v) is 1.30. The highest BCUT2D eigenvalue weighted by molar-refractivity contribution is 7.46. The van der Waals surface area contributed by atoms with Gasteiger partial charge in [-0.2, -0.15) is 0 Å². The van der Waals surface area contributed by atoms with Gasteiger partial charge < -0.3 is 14.9 Å². The summed E-state index contributed by atoms with van der Waals surface area (Å²) in [5, 5.41) is 10.7. The molecule has 0 aliphatic rings. The van der Waals surface area contributed by atoms with Crippen molar-refractivity contribution >= 4 is 25.7 Å². The van der Waals surface area contributed by atoms with Crippen LogP contribution < -0.4 is 5.32 Å². The van der Waals surface area contributed by atoms with Crippen LogP contribution >= 0.6 is 7.82 Å². The lowest BCUT2D eigenvalue weighted by molar-refractivity contribution is -0.142. The average Bonchev–Trinajstić information content (AvgIpc) is 2.08. The smallest absolute Gasteiger partial charge is 0.480 e. The standard InChI is InChI=1S/C7H12NO8P/c1-4(9)8-5(7(11)12)2-3-6(10)16-17(13,14)15/h5H,2-3H2,1H3,(H,8,9)(H,11,12)(H2,13,14,15)/t5-/m0/s1. The average molecular weight is 269 g/mol. The Morgan fingerprint density at radius 1 is 1.35 bits per heavy atom. The first-order chi connectivity index (χ1) is 7.61. The molecule has 0 spiro atoms. The Labute approximate surface area is 96.0 Å². The number of carboxylic acids is 1. The summed E-state index contributed by atoms with van der Waals surface area (Å²) >= 11 is 0. The molecule has 0 aliphatic heterocycles. The number of carbonyl (C=O) groups is 3. The maximum atomic E-state index is 10.9. The summed E-state index contributed by atoms with van der Waals surface area (Å²) in [5.41, 5.74) is 0. The third kappa shape index (κ3) is 8.38. The van der Waals surface area contributed by atoms with Crippen molar-refractivity contribution in [2.24, 2.45) is 0 Å². The van der Waals surface area contributed by atoms with Gasteiger partial charge in [0.05, 0.1) is 0 Å². The van der Waals surface area contributed by atoms with Gasteiger partial charge in [0.15, 0.2) is 0 Å². The number of rotatable bonds is 6. The molecule has 10 heteroatoms. The largest absolute Gasteiger partial charge is 0.526 e. The van der Waals surface area contributed by atoms with Gasteiger partial charge in [0.2, 0.25) is 5.91 Å². The molecule has 0 aromatic rings. The third-order valence-corrected chi connectivity index (χ3v) is 1.97. The monoisotopic (exact) mass is 269 g/mol. The van der Waals surface area contributed by atoms with Gasteiger partial charge in [0, 0.05) is 13.3 Å². The zero-order valence-corrected chi connectivity index (χ0v) is 9.72. The molecule has 9 nitrogen and oxygen atoms in total. The summed E-state index contributed by atoms with van der Waals surface area (Å²) in [6.45, 7) is 1.10. The third-order valence-electron chi connectivity index (χ3n) is 1.53. The van der Waals surface area contributed by atoms with Gasteiger partial charge in [0.1, 0.15) is 6.04 Å². The molecule has 0 unspecified atom stereocenters. The molecule has 4 N–H and O–H groups in total. The van der Waals surface area contributed by atoms with Crippen LogP contribution in [0.3, 0.4) is 0 Å². The summed E-state index contributed by atoms with van der Waals surface area (Å²) in [5.74, 6) is -3.19. The van der Waals surface area contributed by atoms with Crippen LogP contribution in [0.1, 0.15) is 19.8 Å². The molecule has 0 radical (unpaired) electrons. The first-order valence-electron chi connectivity index (χ1n) is 4.39. The molecule has 1 amide bonds. The highest BCUT2D eigenvalue weighted by Gasteiger charge is 2.24. The van der Waals surface area contributed by atoms with Gasteiger partial charge in [0.25, 0.3) is 0 Å². The second kappa shape index (κ2) is 6.33. The van der Waals surface area contributed by atoms with E-state index in [4.69, 9.17) is 14.9 Å². The van der Waals surface area contributed by atoms with Gasteiger partial charge in [-0.3, -0.25) is 19.4 Å². The number of hydrogen-bond acceptors (Lipinski definition) is 5. The molecule has 0 heterocycles. The van der Waals surface area contributed by atoms with Crippen molar-refractivity contribution in [2.45, 2.75) is 25.8 Å². The summed E-state index contributed by atoms with van der Waals surface area (Å²) in [7, 11) is -4.92. The van der Waals surface area contributed by atoms with Gasteiger partial charge in [-0.25, -0.2) is 9.36 Å². The molecule has 17 heavy (non-hydrogen) atoms. The lowest BCUT2D eigenvalue weighted by Crippen LogP contribution is -2.39. The van der Waals surface area contributed by atoms with E-state index in [1.54, 1.807) is 0 Å². The number of hydrogen-bond donors (Lipinski definition) is 4. The molecule has 0 aromatic heterocycles. The summed E-state index contributed by atoms with van der Waals surface area (Å²) in [6.07, 6.45) is -0.865. The minimum absolute atomic E-state index is 0.326. The number of phosphoric ester groups is 1. The van der Waals surface area contributed by atoms with E-state index in [0.717, 1.165) is 6.92 Å². The topological polar surface area (TPSA) is 150 Å². The van der Waals surface area contributed by atoms with Crippen LogP contribution in [0.4, 0.5) is 0 Å². The Morgan fingerprint density at radius 2 is 1.88 bits per heavy atom. The van der Waals surface area contributed by atoms with Crippen molar-refractivity contribution in [1.82, 2.24) is 5.32 Å². The molecular weight excluding hydrogens is 257 g/mol. The van der Waals surface area contributed by atoms with E-state index in [0.29, 0.717) is 0 Å². The Bertz CT molecular complexity index is 361. The van der Waals surface area contributed by atoms with Crippen molar-refractivity contribution in [3.05, 3.63) is 0 Å². The predicted octanol–water partition coefficient (Wildman–Crippen LogP) is -1.01. The molecule has 0 aliphatic carbocycles. The molecule has 0 bridgehead atoms. The van der Waals surface area contributed by atoms with Crippen LogP contribution in [-0.4, -0.2) is 38.8 Å². The SMILES string of the molecule is CC(=O)N[C@@H](CCC(=O)OP(=O)(O)O)C(=O)O. The van der Waals surface area contributed by atoms with Crippen LogP contribution in [0.25, 0.3) is 0 Å². The fraction of sp³-hybridized carbons (Fsp3) is 0.571. The van der Waals surface area contributed by atoms with E-state index in [1.165, 1.54) is 0 Å². The second-order valence-corrected chi connectivity index (χ2v) is 4.25. The van der Waals surface area contributed by atoms with Crippen molar-refractivity contribution < 1.29 is 38.4 Å². The van der Waals surface area contributed by atoms with Crippen LogP contribution in [0.5, 0.6) is 0 Å². The molecule has 0 saturated heterocycles. The van der Waals surface area contributed by atoms with E-state index in [9.17, 15) is 18.9 Å². The predicted molar refractivity (Wildman–Crippen MR) is 52.6 cm³/mol. The number of amides is 1. The Morgan fingerprint density at radius 3 is 2.24 bits per heavy atom. The minimum atomic E-state index is -4.92. The molecule has 0 aromatic carbocycles. The van der Waals surface area contributed by atoms with Crippen LogP contribution in [0.2, 0.25) is 0 Å². The van der Waals surface area contributed by atoms with Crippen LogP contribution in [0, 0.1) is 0 Å². The van der Waals surface area contributed by atoms with Gasteiger partial charge in [-0.05, 0) is 6.42 Å². The molecular formula is C7H12NO8P. The van der Waals surface area contributed by atoms with Gasteiger partial charge in [-0.1, -0.05) is 0 Å². The number of carbonyl (C=O) groups excluding carboxylic acids is 2. The Kier molecular flexibility index (Phi) is 5.80. The molecule has 0 rings (SSSR count). The maximum absolute atomic E-state index is 10.9. The molecule has 0 saturated carbocycles. The van der Waals surface area contributed by atoms with E-state index in [2.05, 4.69) is 9.84 Å². The van der Waals surface area contributed by atoms with Crippen molar-refractivity contribution in [3.8, 4) is 0 Å². The van der Waals surface area contributed by atoms with Crippen molar-refractivity contribution in [1.29, 1.82) is 0 Å². The summed E-state index contributed by atoms with van der Waals surface area (Å²) in [4.78, 5) is 48.7. The lowest BCUT2D eigenvalue weighted by Gasteiger charge is -2.12. The van der Waals surface area contributed by atoms with Crippen LogP contribution in [-0.2, 0) is 23.5 Å². The van der Waals surface area contributed by atoms with Crippen molar-refractivity contribution in [3.63, 3.8) is 0 Å². The van der Waals surface area contributed by atoms with E-state index in [-0.39, 0.29) is 6.42 Å². The minimum Gasteiger partial charge on any atom is -0.480 e. The summed E-state index contributed by atoms with van der Waals surface area (Å²) < 4.78 is 14.0. The van der Waals surface area contributed by atoms with Gasteiger partial charge in [-0.15, -0.1) is 0 Å². The van der Waals surface area contributed by atoms with E-state index < -0.39 is 38.1 Å². The normalized spacial score (nSPS) is 12.6. The van der Waals surface area contributed by atoms with Crippen LogP contribution in [0.15, 0.2) is 0 Å². The van der Waals surface area contributed by atoms with E-state index >= 15 is 0 Å². The Balaban J connectivity index is 4.22. The second-order valence-electron chi connectivity index (χ2n) is 3.08. The Hall–Kier alpha value is -1.44. The van der Waals surface area contributed by atoms with Gasteiger partial charge >= 0.3 is 19.8 Å². The number of carboxylic acid groups (broad SMARTS) is 1. The zero-order chi connectivity index (χ0) is 13.6. The zero-order valence-electron chi connectivity index (χ0n) is 8.82. The number of phosphoric acid groups is 1. The first-order valence-corrected chi connectivity index (χ1v) is 5.92. The molecule has 98 valence electrons. The first kappa shape index (κ1) is 15.6. The number of nitrogens with one attached hydrogen (secondary N) is 1. The summed E-state index contributed by atoms with van der Waals surface area (Å²) in [6, 6.07) is -1.31. The highest BCUT2D eigenvalue weighted by atomic mass is 31.2. The maximum Gasteiger partial charge on any atom is 0.526 e. The highest BCUT2D eigenvalue weighted by Crippen LogP contribution is 2.36. The quantitative estimate of drug-likeness (QED) is 0.448. The lowest BCUT2D eigenvalue weighted by atomic mass is 10.1. The van der Waals surface area contributed by atoms with E-state index in [1.807, 2.05) is 0 Å². The fourth-order valence-electron chi connectivity index (χ4n) is 0.943. The molecule has 1 atom stereocenters. The molecule has 0 fully saturated rings. The van der Waals surface area contributed by atoms with Crippen molar-refractivity contribution in [2.75, 3.05) is 0 Å².